The lowest BCUT2D eigenvalue weighted by Gasteiger charge is -2.11. The summed E-state index contributed by atoms with van der Waals surface area (Å²) in [7, 11) is 1.94. The minimum Gasteiger partial charge on any atom is -0.351 e. The van der Waals surface area contributed by atoms with Crippen LogP contribution in [-0.4, -0.2) is 36.1 Å². The standard InChI is InChI=1S/C14H15N3O2/c1-9-8-17(2)14-13(19-14)16-11(9)15-12(18)10-6-4-3-5-7-10/h3-8,13-14H,1-2H3,(H,15,16,18). The highest BCUT2D eigenvalue weighted by Crippen LogP contribution is 2.29. The Morgan fingerprint density at radius 1 is 1.37 bits per heavy atom. The van der Waals surface area contributed by atoms with E-state index in [1.54, 1.807) is 12.1 Å². The molecule has 19 heavy (non-hydrogen) atoms. The largest absolute Gasteiger partial charge is 0.351 e. The number of hydrogen-bond acceptors (Lipinski definition) is 4. The second-order valence-corrected chi connectivity index (χ2v) is 4.69. The number of carbonyl (C=O) groups excluding carboxylic acids is 1. The molecule has 0 radical (unpaired) electrons. The van der Waals surface area contributed by atoms with Crippen molar-refractivity contribution in [1.29, 1.82) is 0 Å². The Labute approximate surface area is 111 Å². The van der Waals surface area contributed by atoms with Crippen molar-refractivity contribution in [3.05, 3.63) is 47.7 Å². The Balaban J connectivity index is 1.79. The number of benzene rings is 1. The van der Waals surface area contributed by atoms with Crippen molar-refractivity contribution in [3.8, 4) is 0 Å². The van der Waals surface area contributed by atoms with Crippen LogP contribution in [0.4, 0.5) is 0 Å². The molecule has 1 aromatic carbocycles. The fraction of sp³-hybridized carbons (Fsp3) is 0.286. The van der Waals surface area contributed by atoms with Crippen LogP contribution in [0.3, 0.4) is 0 Å². The van der Waals surface area contributed by atoms with E-state index in [-0.39, 0.29) is 18.4 Å². The number of nitrogens with one attached hydrogen (secondary N) is 1. The molecule has 0 saturated carbocycles. The summed E-state index contributed by atoms with van der Waals surface area (Å²) in [5.74, 6) is 0.416. The van der Waals surface area contributed by atoms with Crippen LogP contribution in [0.1, 0.15) is 17.3 Å². The fourth-order valence-corrected chi connectivity index (χ4v) is 2.06. The molecule has 1 aromatic rings. The van der Waals surface area contributed by atoms with Gasteiger partial charge in [-0.2, -0.15) is 0 Å². The predicted octanol–water partition coefficient (Wildman–Crippen LogP) is 1.35. The summed E-state index contributed by atoms with van der Waals surface area (Å²) < 4.78 is 5.38. The Morgan fingerprint density at radius 2 is 2.11 bits per heavy atom. The average Bonchev–Trinajstić information content (AvgIpc) is 3.18. The van der Waals surface area contributed by atoms with E-state index in [2.05, 4.69) is 10.3 Å². The Bertz CT molecular complexity index is 565. The molecule has 2 aliphatic rings. The molecule has 0 aromatic heterocycles. The second kappa shape index (κ2) is 4.51. The third kappa shape index (κ3) is 2.37. The van der Waals surface area contributed by atoms with Gasteiger partial charge in [0.05, 0.1) is 0 Å². The quantitative estimate of drug-likeness (QED) is 0.772. The maximum Gasteiger partial charge on any atom is 0.256 e. The van der Waals surface area contributed by atoms with Gasteiger partial charge in [-0.05, 0) is 19.1 Å². The number of amidine groups is 1. The van der Waals surface area contributed by atoms with Crippen molar-refractivity contribution in [2.75, 3.05) is 7.05 Å². The number of likely N-dealkylation sites (N-methyl/N-ethyl adjacent to an activating group) is 1. The van der Waals surface area contributed by atoms with Gasteiger partial charge in [0.1, 0.15) is 5.84 Å². The van der Waals surface area contributed by atoms with Gasteiger partial charge in [0.15, 0.2) is 12.5 Å². The van der Waals surface area contributed by atoms with Gasteiger partial charge in [0.2, 0.25) is 0 Å². The Hall–Kier alpha value is -2.14. The van der Waals surface area contributed by atoms with Crippen molar-refractivity contribution in [2.24, 2.45) is 4.99 Å². The van der Waals surface area contributed by atoms with Gasteiger partial charge in [0, 0.05) is 24.4 Å². The number of hydrogen-bond donors (Lipinski definition) is 1. The molecule has 0 spiro atoms. The van der Waals surface area contributed by atoms with Crippen molar-refractivity contribution in [1.82, 2.24) is 10.2 Å². The number of carbonyl (C=O) groups is 1. The highest BCUT2D eigenvalue weighted by Gasteiger charge is 2.43. The van der Waals surface area contributed by atoms with E-state index in [1.807, 2.05) is 43.3 Å². The first-order valence-electron chi connectivity index (χ1n) is 6.15. The SMILES string of the molecule is CC1=CN(C)C2OC2N=C1NC(=O)c1ccccc1. The molecule has 1 saturated heterocycles. The van der Waals surface area contributed by atoms with Gasteiger partial charge in [0.25, 0.3) is 5.91 Å². The lowest BCUT2D eigenvalue weighted by molar-refractivity contribution is 0.0977. The van der Waals surface area contributed by atoms with Crippen LogP contribution >= 0.6 is 0 Å². The van der Waals surface area contributed by atoms with E-state index < -0.39 is 0 Å². The lowest BCUT2D eigenvalue weighted by atomic mass is 10.2. The molecule has 5 nitrogen and oxygen atoms in total. The third-order valence-electron chi connectivity index (χ3n) is 3.14. The number of ether oxygens (including phenoxy) is 1. The normalized spacial score (nSPS) is 24.8. The molecule has 2 heterocycles. The van der Waals surface area contributed by atoms with Crippen LogP contribution < -0.4 is 5.32 Å². The molecule has 2 aliphatic heterocycles. The smallest absolute Gasteiger partial charge is 0.256 e. The maximum absolute atomic E-state index is 12.1. The topological polar surface area (TPSA) is 57.2 Å². The molecule has 1 fully saturated rings. The first kappa shape index (κ1) is 11.9. The third-order valence-corrected chi connectivity index (χ3v) is 3.14. The summed E-state index contributed by atoms with van der Waals surface area (Å²) >= 11 is 0. The predicted molar refractivity (Wildman–Crippen MR) is 71.5 cm³/mol. The van der Waals surface area contributed by atoms with Gasteiger partial charge >= 0.3 is 0 Å². The zero-order valence-electron chi connectivity index (χ0n) is 10.8. The summed E-state index contributed by atoms with van der Waals surface area (Å²) in [6, 6.07) is 9.09. The number of rotatable bonds is 1. The monoisotopic (exact) mass is 257 g/mol. The molecule has 1 amide bonds. The molecule has 1 N–H and O–H groups in total. The van der Waals surface area contributed by atoms with Gasteiger partial charge in [-0.25, -0.2) is 4.99 Å². The number of amides is 1. The minimum atomic E-state index is -0.176. The number of aliphatic imine (C=N–C) groups is 1. The van der Waals surface area contributed by atoms with E-state index in [4.69, 9.17) is 4.74 Å². The number of nitrogens with zero attached hydrogens (tertiary/aromatic N) is 2. The van der Waals surface area contributed by atoms with Crippen molar-refractivity contribution in [2.45, 2.75) is 19.4 Å². The Kier molecular flexibility index (Phi) is 2.83. The average molecular weight is 257 g/mol. The zero-order chi connectivity index (χ0) is 13.4. The maximum atomic E-state index is 12.1. The molecule has 2 unspecified atom stereocenters. The van der Waals surface area contributed by atoms with Gasteiger partial charge < -0.3 is 15.0 Å². The molecule has 0 aliphatic carbocycles. The summed E-state index contributed by atoms with van der Waals surface area (Å²) in [6.45, 7) is 1.92. The fourth-order valence-electron chi connectivity index (χ4n) is 2.06. The second-order valence-electron chi connectivity index (χ2n) is 4.69. The van der Waals surface area contributed by atoms with E-state index >= 15 is 0 Å². The molecule has 98 valence electrons. The molecule has 5 heteroatoms. The number of epoxide rings is 1. The lowest BCUT2D eigenvalue weighted by Crippen LogP contribution is -2.31. The van der Waals surface area contributed by atoms with Crippen molar-refractivity contribution in [3.63, 3.8) is 0 Å². The molecule has 3 rings (SSSR count). The molecule has 2 atom stereocenters. The summed E-state index contributed by atoms with van der Waals surface area (Å²) in [5.41, 5.74) is 1.53. The molecular weight excluding hydrogens is 242 g/mol. The van der Waals surface area contributed by atoms with Gasteiger partial charge in [-0.1, -0.05) is 18.2 Å². The van der Waals surface area contributed by atoms with Crippen LogP contribution in [-0.2, 0) is 4.74 Å². The van der Waals surface area contributed by atoms with Crippen LogP contribution in [0.2, 0.25) is 0 Å². The van der Waals surface area contributed by atoms with E-state index in [0.29, 0.717) is 11.4 Å². The van der Waals surface area contributed by atoms with E-state index in [0.717, 1.165) is 5.57 Å². The van der Waals surface area contributed by atoms with Crippen molar-refractivity contribution >= 4 is 11.7 Å². The summed E-state index contributed by atoms with van der Waals surface area (Å²) in [4.78, 5) is 18.5. The van der Waals surface area contributed by atoms with E-state index in [1.165, 1.54) is 0 Å². The van der Waals surface area contributed by atoms with Crippen LogP contribution in [0.5, 0.6) is 0 Å². The van der Waals surface area contributed by atoms with Crippen molar-refractivity contribution < 1.29 is 9.53 Å². The Morgan fingerprint density at radius 3 is 2.84 bits per heavy atom. The van der Waals surface area contributed by atoms with Crippen LogP contribution in [0.25, 0.3) is 0 Å². The first-order chi connectivity index (χ1) is 9.15. The summed E-state index contributed by atoms with van der Waals surface area (Å²) in [6.07, 6.45) is 1.76. The van der Waals surface area contributed by atoms with Gasteiger partial charge in [-0.3, -0.25) is 4.79 Å². The highest BCUT2D eigenvalue weighted by molar-refractivity contribution is 6.12. The zero-order valence-corrected chi connectivity index (χ0v) is 10.8. The number of fused-ring (bicyclic) bond motifs is 1. The molecular formula is C14H15N3O2. The highest BCUT2D eigenvalue weighted by atomic mass is 16.6. The van der Waals surface area contributed by atoms with Crippen LogP contribution in [0, 0.1) is 0 Å². The van der Waals surface area contributed by atoms with Crippen LogP contribution in [0.15, 0.2) is 47.1 Å². The summed E-state index contributed by atoms with van der Waals surface area (Å²) in [5, 5.41) is 2.84. The minimum absolute atomic E-state index is 0.000998. The van der Waals surface area contributed by atoms with E-state index in [9.17, 15) is 4.79 Å². The first-order valence-corrected chi connectivity index (χ1v) is 6.15. The van der Waals surface area contributed by atoms with Gasteiger partial charge in [-0.15, -0.1) is 0 Å². The molecule has 0 bridgehead atoms.